The maximum absolute atomic E-state index is 11.9. The maximum atomic E-state index is 11.9. The lowest BCUT2D eigenvalue weighted by molar-refractivity contribution is -0.139. The summed E-state index contributed by atoms with van der Waals surface area (Å²) in [5.41, 5.74) is 3.76. The van der Waals surface area contributed by atoms with Gasteiger partial charge in [0.2, 0.25) is 0 Å². The van der Waals surface area contributed by atoms with Gasteiger partial charge in [-0.05, 0) is 98.7 Å². The Morgan fingerprint density at radius 1 is 1.00 bits per heavy atom. The molecule has 0 spiro atoms. The van der Waals surface area contributed by atoms with Crippen LogP contribution in [0.5, 0.6) is 0 Å². The first-order chi connectivity index (χ1) is 16.1. The summed E-state index contributed by atoms with van der Waals surface area (Å²) < 4.78 is 0. The second kappa shape index (κ2) is 8.72. The Hall–Kier alpha value is -1.13. The Morgan fingerprint density at radius 2 is 1.66 bits per heavy atom. The topological polar surface area (TPSA) is 77.8 Å². The maximum Gasteiger partial charge on any atom is 0.310 e. The number of rotatable bonds is 6. The highest BCUT2D eigenvalue weighted by Crippen LogP contribution is 2.72. The lowest BCUT2D eigenvalue weighted by Gasteiger charge is -2.63. The molecule has 0 radical (unpaired) electrons. The van der Waals surface area contributed by atoms with Crippen molar-refractivity contribution in [3.63, 3.8) is 0 Å². The number of hydrogen-bond acceptors (Lipinski definition) is 3. The zero-order valence-electron chi connectivity index (χ0n) is 23.3. The summed E-state index contributed by atoms with van der Waals surface area (Å²) in [4.78, 5) is 11.4. The molecule has 0 aromatic heterocycles. The number of aliphatic carboxylic acids is 1. The van der Waals surface area contributed by atoms with Crippen LogP contribution in [0.15, 0.2) is 23.3 Å². The van der Waals surface area contributed by atoms with E-state index in [0.717, 1.165) is 63.4 Å². The molecule has 0 saturated heterocycles. The Morgan fingerprint density at radius 3 is 2.29 bits per heavy atom. The number of aliphatic hydroxyl groups is 2. The van der Waals surface area contributed by atoms with Crippen LogP contribution in [-0.4, -0.2) is 33.5 Å². The van der Waals surface area contributed by atoms with Crippen molar-refractivity contribution in [2.45, 2.75) is 118 Å². The van der Waals surface area contributed by atoms with Crippen molar-refractivity contribution in [3.8, 4) is 0 Å². The molecule has 4 heteroatoms. The van der Waals surface area contributed by atoms with E-state index in [4.69, 9.17) is 0 Å². The smallest absolute Gasteiger partial charge is 0.310 e. The van der Waals surface area contributed by atoms with Gasteiger partial charge in [0.1, 0.15) is 0 Å². The van der Waals surface area contributed by atoms with Crippen molar-refractivity contribution in [1.29, 1.82) is 0 Å². The van der Waals surface area contributed by atoms with Gasteiger partial charge in [-0.25, -0.2) is 0 Å². The predicted molar refractivity (Wildman–Crippen MR) is 141 cm³/mol. The van der Waals surface area contributed by atoms with Crippen molar-refractivity contribution < 1.29 is 20.1 Å². The Bertz CT molecular complexity index is 917. The Balaban J connectivity index is 1.63. The van der Waals surface area contributed by atoms with E-state index in [9.17, 15) is 20.1 Å². The van der Waals surface area contributed by atoms with E-state index in [2.05, 4.69) is 48.1 Å². The molecular weight excluding hydrogens is 436 g/mol. The molecular formula is C31H50O4. The predicted octanol–water partition coefficient (Wildman–Crippen LogP) is 6.76. The lowest BCUT2D eigenvalue weighted by atomic mass is 9.42. The SMILES string of the molecule is C=C(CC[C@H](C)[C@@H]1CC[C@]2(C)C3=C(C[C@H](O)[C@]12C)[C@]1(C)CC[C@H](O)C(C)(C)[C@@H]1CC3)[C@@H](C)C(=O)O. The van der Waals surface area contributed by atoms with Gasteiger partial charge in [-0.1, -0.05) is 64.8 Å². The first-order valence-corrected chi connectivity index (χ1v) is 14.1. The second-order valence-electron chi connectivity index (χ2n) is 14.1. The van der Waals surface area contributed by atoms with Crippen LogP contribution in [0.2, 0.25) is 0 Å². The largest absolute Gasteiger partial charge is 0.481 e. The van der Waals surface area contributed by atoms with Gasteiger partial charge in [-0.3, -0.25) is 4.79 Å². The summed E-state index contributed by atoms with van der Waals surface area (Å²) in [6, 6.07) is 0. The van der Waals surface area contributed by atoms with Gasteiger partial charge in [0.25, 0.3) is 0 Å². The van der Waals surface area contributed by atoms with Gasteiger partial charge >= 0.3 is 5.97 Å². The van der Waals surface area contributed by atoms with E-state index in [1.54, 1.807) is 12.5 Å². The van der Waals surface area contributed by atoms with Crippen LogP contribution >= 0.6 is 0 Å². The van der Waals surface area contributed by atoms with Crippen LogP contribution in [0.1, 0.15) is 106 Å². The van der Waals surface area contributed by atoms with Gasteiger partial charge < -0.3 is 15.3 Å². The lowest BCUT2D eigenvalue weighted by Crippen LogP contribution is -2.58. The van der Waals surface area contributed by atoms with E-state index in [1.165, 1.54) is 5.57 Å². The third kappa shape index (κ3) is 3.71. The molecule has 9 atom stereocenters. The third-order valence-electron chi connectivity index (χ3n) is 12.5. The molecule has 2 saturated carbocycles. The molecule has 0 aromatic carbocycles. The summed E-state index contributed by atoms with van der Waals surface area (Å²) in [5.74, 6) is -0.0238. The Labute approximate surface area is 213 Å². The minimum Gasteiger partial charge on any atom is -0.481 e. The third-order valence-corrected chi connectivity index (χ3v) is 12.5. The molecule has 198 valence electrons. The molecule has 4 rings (SSSR count). The summed E-state index contributed by atoms with van der Waals surface area (Å²) in [5, 5.41) is 32.1. The number of carboxylic acids is 1. The molecule has 4 nitrogen and oxygen atoms in total. The summed E-state index contributed by atoms with van der Waals surface area (Å²) in [7, 11) is 0. The molecule has 0 aliphatic heterocycles. The van der Waals surface area contributed by atoms with E-state index in [1.807, 2.05) is 0 Å². The fourth-order valence-corrected chi connectivity index (χ4v) is 9.64. The van der Waals surface area contributed by atoms with Crippen LogP contribution in [0.3, 0.4) is 0 Å². The van der Waals surface area contributed by atoms with Crippen LogP contribution in [0.4, 0.5) is 0 Å². The number of carboxylic acid groups (broad SMARTS) is 1. The van der Waals surface area contributed by atoms with E-state index in [-0.39, 0.29) is 33.9 Å². The highest BCUT2D eigenvalue weighted by atomic mass is 16.4. The highest BCUT2D eigenvalue weighted by molar-refractivity contribution is 5.72. The Kier molecular flexibility index (Phi) is 6.71. The monoisotopic (exact) mass is 486 g/mol. The molecule has 0 unspecified atom stereocenters. The molecule has 4 aliphatic rings. The fraction of sp³-hybridized carbons (Fsp3) is 0.839. The van der Waals surface area contributed by atoms with Gasteiger partial charge in [-0.2, -0.15) is 0 Å². The fourth-order valence-electron chi connectivity index (χ4n) is 9.64. The molecule has 35 heavy (non-hydrogen) atoms. The molecule has 2 fully saturated rings. The molecule has 3 N–H and O–H groups in total. The van der Waals surface area contributed by atoms with E-state index < -0.39 is 11.9 Å². The van der Waals surface area contributed by atoms with Crippen LogP contribution in [-0.2, 0) is 4.79 Å². The number of fused-ring (bicyclic) bond motifs is 4. The average Bonchev–Trinajstić information content (AvgIpc) is 3.08. The molecule has 4 aliphatic carbocycles. The van der Waals surface area contributed by atoms with Crippen LogP contribution in [0, 0.1) is 45.3 Å². The first-order valence-electron chi connectivity index (χ1n) is 14.1. The van der Waals surface area contributed by atoms with Crippen molar-refractivity contribution in [2.24, 2.45) is 45.3 Å². The zero-order valence-corrected chi connectivity index (χ0v) is 23.3. The number of aliphatic hydroxyl groups excluding tert-OH is 2. The number of carbonyl (C=O) groups is 1. The van der Waals surface area contributed by atoms with Crippen LogP contribution < -0.4 is 0 Å². The quantitative estimate of drug-likeness (QED) is 0.362. The van der Waals surface area contributed by atoms with Gasteiger partial charge in [0.15, 0.2) is 0 Å². The van der Waals surface area contributed by atoms with E-state index >= 15 is 0 Å². The molecule has 0 amide bonds. The standard InChI is InChI=1S/C31H50O4/c1-18(20(3)27(34)35)9-10-19(2)21-13-16-30(7)22-11-12-24-28(4,5)25(32)14-15-29(24,6)23(22)17-26(33)31(21,30)8/h19-21,24-26,32-33H,1,9-17H2,2-8H3,(H,34,35)/t19-,20+,21-,24-,25-,26-,29-,30+,31-/m0/s1. The molecule has 0 heterocycles. The van der Waals surface area contributed by atoms with Crippen molar-refractivity contribution in [1.82, 2.24) is 0 Å². The average molecular weight is 487 g/mol. The minimum absolute atomic E-state index is 0.00151. The highest BCUT2D eigenvalue weighted by Gasteiger charge is 2.66. The van der Waals surface area contributed by atoms with Crippen molar-refractivity contribution >= 4 is 5.97 Å². The summed E-state index contributed by atoms with van der Waals surface area (Å²) in [6.07, 6.45) is 8.15. The first kappa shape index (κ1) is 26.9. The molecule has 0 aromatic rings. The van der Waals surface area contributed by atoms with E-state index in [0.29, 0.717) is 17.8 Å². The zero-order chi connectivity index (χ0) is 26.1. The summed E-state index contributed by atoms with van der Waals surface area (Å²) >= 11 is 0. The van der Waals surface area contributed by atoms with Gasteiger partial charge in [-0.15, -0.1) is 0 Å². The number of hydrogen-bond donors (Lipinski definition) is 3. The number of allylic oxidation sites excluding steroid dienone is 1. The summed E-state index contributed by atoms with van der Waals surface area (Å²) in [6.45, 7) is 19.8. The van der Waals surface area contributed by atoms with Gasteiger partial charge in [0, 0.05) is 5.41 Å². The van der Waals surface area contributed by atoms with Crippen LogP contribution in [0.25, 0.3) is 0 Å². The minimum atomic E-state index is -0.798. The van der Waals surface area contributed by atoms with Gasteiger partial charge in [0.05, 0.1) is 18.1 Å². The normalized spacial score (nSPS) is 44.1. The second-order valence-corrected chi connectivity index (χ2v) is 14.1. The van der Waals surface area contributed by atoms with Crippen molar-refractivity contribution in [3.05, 3.63) is 23.3 Å². The molecule has 0 bridgehead atoms. The van der Waals surface area contributed by atoms with Crippen molar-refractivity contribution in [2.75, 3.05) is 0 Å².